The second-order valence-electron chi connectivity index (χ2n) is 8.55. The SMILES string of the molecule is CC(C)c1cccc2sc(N(Cc3ccccc3)C(=O)CCCS(=O)(=O)c3ccccc3)nc12. The van der Waals surface area contributed by atoms with Crippen molar-refractivity contribution in [2.75, 3.05) is 10.7 Å². The Morgan fingerprint density at radius 3 is 2.29 bits per heavy atom. The van der Waals surface area contributed by atoms with Crippen LogP contribution in [0.3, 0.4) is 0 Å². The van der Waals surface area contributed by atoms with Crippen LogP contribution in [-0.4, -0.2) is 25.1 Å². The van der Waals surface area contributed by atoms with Crippen LogP contribution in [0.1, 0.15) is 43.7 Å². The molecule has 34 heavy (non-hydrogen) atoms. The molecule has 0 unspecified atom stereocenters. The number of thiazole rings is 1. The summed E-state index contributed by atoms with van der Waals surface area (Å²) in [5.74, 6) is 0.122. The van der Waals surface area contributed by atoms with Gasteiger partial charge in [-0.3, -0.25) is 9.69 Å². The van der Waals surface area contributed by atoms with Gasteiger partial charge in [-0.25, -0.2) is 13.4 Å². The van der Waals surface area contributed by atoms with Gasteiger partial charge in [0, 0.05) is 6.42 Å². The van der Waals surface area contributed by atoms with Crippen molar-refractivity contribution >= 4 is 42.4 Å². The maximum Gasteiger partial charge on any atom is 0.229 e. The lowest BCUT2D eigenvalue weighted by Crippen LogP contribution is -2.30. The van der Waals surface area contributed by atoms with Crippen molar-refractivity contribution in [3.8, 4) is 0 Å². The topological polar surface area (TPSA) is 67.3 Å². The average molecular weight is 493 g/mol. The highest BCUT2D eigenvalue weighted by atomic mass is 32.2. The van der Waals surface area contributed by atoms with Crippen LogP contribution < -0.4 is 4.90 Å². The van der Waals surface area contributed by atoms with E-state index in [1.807, 2.05) is 42.5 Å². The summed E-state index contributed by atoms with van der Waals surface area (Å²) >= 11 is 1.50. The molecule has 0 aliphatic heterocycles. The number of sulfone groups is 1. The molecule has 0 saturated carbocycles. The number of carbonyl (C=O) groups is 1. The minimum atomic E-state index is -3.42. The van der Waals surface area contributed by atoms with E-state index < -0.39 is 9.84 Å². The quantitative estimate of drug-likeness (QED) is 0.279. The van der Waals surface area contributed by atoms with E-state index in [1.54, 1.807) is 35.2 Å². The molecule has 1 aromatic heterocycles. The maximum atomic E-state index is 13.4. The van der Waals surface area contributed by atoms with E-state index in [0.717, 1.165) is 21.3 Å². The fourth-order valence-corrected chi connectivity index (χ4v) is 6.21. The van der Waals surface area contributed by atoms with E-state index in [1.165, 1.54) is 11.3 Å². The van der Waals surface area contributed by atoms with Crippen molar-refractivity contribution in [1.82, 2.24) is 4.98 Å². The number of hydrogen-bond acceptors (Lipinski definition) is 5. The van der Waals surface area contributed by atoms with E-state index >= 15 is 0 Å². The third kappa shape index (κ3) is 5.54. The molecule has 0 spiro atoms. The zero-order valence-corrected chi connectivity index (χ0v) is 21.0. The van der Waals surface area contributed by atoms with Crippen molar-refractivity contribution in [3.05, 3.63) is 90.0 Å². The minimum absolute atomic E-state index is 0.0702. The molecule has 1 amide bonds. The number of nitrogens with zero attached hydrogens (tertiary/aromatic N) is 2. The molecule has 4 aromatic rings. The minimum Gasteiger partial charge on any atom is -0.284 e. The Bertz CT molecular complexity index is 1370. The predicted molar refractivity (Wildman–Crippen MR) is 139 cm³/mol. The summed E-state index contributed by atoms with van der Waals surface area (Å²) in [6, 6.07) is 24.3. The Hall–Kier alpha value is -3.03. The molecule has 176 valence electrons. The van der Waals surface area contributed by atoms with Gasteiger partial charge in [-0.1, -0.05) is 85.8 Å². The van der Waals surface area contributed by atoms with Crippen LogP contribution in [0.25, 0.3) is 10.2 Å². The lowest BCUT2D eigenvalue weighted by atomic mass is 10.0. The summed E-state index contributed by atoms with van der Waals surface area (Å²) in [5.41, 5.74) is 3.08. The summed E-state index contributed by atoms with van der Waals surface area (Å²) in [6.45, 7) is 4.66. The Kier molecular flexibility index (Phi) is 7.44. The van der Waals surface area contributed by atoms with Crippen LogP contribution in [0.4, 0.5) is 5.13 Å². The summed E-state index contributed by atoms with van der Waals surface area (Å²) in [4.78, 5) is 20.2. The number of carbonyl (C=O) groups excluding carboxylic acids is 1. The predicted octanol–water partition coefficient (Wildman–Crippen LogP) is 6.21. The number of amides is 1. The van der Waals surface area contributed by atoms with E-state index in [0.29, 0.717) is 17.6 Å². The van der Waals surface area contributed by atoms with Crippen LogP contribution in [0.2, 0.25) is 0 Å². The third-order valence-corrected chi connectivity index (χ3v) is 8.54. The van der Waals surface area contributed by atoms with Crippen LogP contribution in [0.5, 0.6) is 0 Å². The van der Waals surface area contributed by atoms with Gasteiger partial charge in [0.15, 0.2) is 15.0 Å². The number of para-hydroxylation sites is 1. The number of benzene rings is 3. The fourth-order valence-electron chi connectivity index (χ4n) is 3.86. The largest absolute Gasteiger partial charge is 0.284 e. The number of hydrogen-bond donors (Lipinski definition) is 0. The van der Waals surface area contributed by atoms with Gasteiger partial charge in [-0.2, -0.15) is 0 Å². The lowest BCUT2D eigenvalue weighted by Gasteiger charge is -2.20. The summed E-state index contributed by atoms with van der Waals surface area (Å²) in [7, 11) is -3.42. The highest BCUT2D eigenvalue weighted by Gasteiger charge is 2.22. The highest BCUT2D eigenvalue weighted by Crippen LogP contribution is 2.34. The third-order valence-electron chi connectivity index (χ3n) is 5.68. The van der Waals surface area contributed by atoms with Crippen molar-refractivity contribution in [1.29, 1.82) is 0 Å². The standard InChI is InChI=1S/C27H28N2O3S2/c1-20(2)23-15-9-16-24-26(23)28-27(33-24)29(19-21-11-5-3-6-12-21)25(30)17-10-18-34(31,32)22-13-7-4-8-14-22/h3-9,11-16,20H,10,17-19H2,1-2H3. The van der Waals surface area contributed by atoms with Crippen molar-refractivity contribution in [2.24, 2.45) is 0 Å². The van der Waals surface area contributed by atoms with Gasteiger partial charge < -0.3 is 0 Å². The molecule has 0 N–H and O–H groups in total. The molecule has 0 radical (unpaired) electrons. The normalized spacial score (nSPS) is 11.7. The van der Waals surface area contributed by atoms with E-state index in [4.69, 9.17) is 4.98 Å². The highest BCUT2D eigenvalue weighted by molar-refractivity contribution is 7.91. The second-order valence-corrected chi connectivity index (χ2v) is 11.7. The number of anilines is 1. The molecule has 0 bridgehead atoms. The monoisotopic (exact) mass is 492 g/mol. The second kappa shape index (κ2) is 10.5. The van der Waals surface area contributed by atoms with Gasteiger partial charge in [0.05, 0.1) is 27.4 Å². The summed E-state index contributed by atoms with van der Waals surface area (Å²) in [5, 5.41) is 0.642. The summed E-state index contributed by atoms with van der Waals surface area (Å²) < 4.78 is 26.3. The van der Waals surface area contributed by atoms with Crippen molar-refractivity contribution in [3.63, 3.8) is 0 Å². The first-order valence-electron chi connectivity index (χ1n) is 11.4. The molecule has 0 aliphatic rings. The van der Waals surface area contributed by atoms with E-state index in [2.05, 4.69) is 19.9 Å². The number of rotatable bonds is 9. The average Bonchev–Trinajstić information content (AvgIpc) is 3.27. The van der Waals surface area contributed by atoms with Gasteiger partial charge in [-0.15, -0.1) is 0 Å². The van der Waals surface area contributed by atoms with Gasteiger partial charge >= 0.3 is 0 Å². The number of aromatic nitrogens is 1. The molecular formula is C27H28N2O3S2. The van der Waals surface area contributed by atoms with E-state index in [9.17, 15) is 13.2 Å². The van der Waals surface area contributed by atoms with Crippen LogP contribution in [0, 0.1) is 0 Å². The molecule has 0 fully saturated rings. The van der Waals surface area contributed by atoms with E-state index in [-0.39, 0.29) is 29.4 Å². The van der Waals surface area contributed by atoms with Gasteiger partial charge in [0.25, 0.3) is 0 Å². The molecule has 0 saturated heterocycles. The zero-order chi connectivity index (χ0) is 24.1. The Labute approximate surface area is 205 Å². The van der Waals surface area contributed by atoms with Crippen molar-refractivity contribution in [2.45, 2.75) is 44.0 Å². The molecule has 0 atom stereocenters. The molecule has 1 heterocycles. The van der Waals surface area contributed by atoms with Crippen molar-refractivity contribution < 1.29 is 13.2 Å². The van der Waals surface area contributed by atoms with Crippen LogP contribution >= 0.6 is 11.3 Å². The van der Waals surface area contributed by atoms with Gasteiger partial charge in [0.1, 0.15) is 0 Å². The number of fused-ring (bicyclic) bond motifs is 1. The summed E-state index contributed by atoms with van der Waals surface area (Å²) in [6.07, 6.45) is 0.384. The molecule has 5 nitrogen and oxygen atoms in total. The molecule has 7 heteroatoms. The molecule has 4 rings (SSSR count). The van der Waals surface area contributed by atoms with Gasteiger partial charge in [0.2, 0.25) is 5.91 Å². The smallest absolute Gasteiger partial charge is 0.229 e. The maximum absolute atomic E-state index is 13.4. The Balaban J connectivity index is 1.57. The first-order chi connectivity index (χ1) is 16.3. The van der Waals surface area contributed by atoms with Gasteiger partial charge in [-0.05, 0) is 41.7 Å². The molecular weight excluding hydrogens is 464 g/mol. The molecule has 3 aromatic carbocycles. The van der Waals surface area contributed by atoms with Crippen LogP contribution in [-0.2, 0) is 21.2 Å². The zero-order valence-electron chi connectivity index (χ0n) is 19.3. The first kappa shape index (κ1) is 24.1. The Morgan fingerprint density at radius 1 is 0.941 bits per heavy atom. The fraction of sp³-hybridized carbons (Fsp3) is 0.259. The lowest BCUT2D eigenvalue weighted by molar-refractivity contribution is -0.118. The molecule has 0 aliphatic carbocycles. The van der Waals surface area contributed by atoms with Crippen LogP contribution in [0.15, 0.2) is 83.8 Å². The Morgan fingerprint density at radius 2 is 1.62 bits per heavy atom. The first-order valence-corrected chi connectivity index (χ1v) is 13.8.